The van der Waals surface area contributed by atoms with Crippen molar-refractivity contribution in [3.05, 3.63) is 71.6 Å². The van der Waals surface area contributed by atoms with Crippen LogP contribution in [0.4, 0.5) is 8.78 Å². The summed E-state index contributed by atoms with van der Waals surface area (Å²) in [5.74, 6) is -2.22. The van der Waals surface area contributed by atoms with Gasteiger partial charge < -0.3 is 9.83 Å². The van der Waals surface area contributed by atoms with Gasteiger partial charge in [0.05, 0.1) is 17.2 Å². The van der Waals surface area contributed by atoms with E-state index in [1.807, 2.05) is 0 Å². The number of rotatable bonds is 6. The van der Waals surface area contributed by atoms with E-state index in [9.17, 15) is 13.6 Å². The Labute approximate surface area is 148 Å². The molecule has 132 valence electrons. The van der Waals surface area contributed by atoms with Gasteiger partial charge in [0.25, 0.3) is 5.89 Å². The predicted molar refractivity (Wildman–Crippen MR) is 91.2 cm³/mol. The lowest BCUT2D eigenvalue weighted by Gasteiger charge is -2.11. The van der Waals surface area contributed by atoms with E-state index in [2.05, 4.69) is 10.2 Å². The molecule has 0 radical (unpaired) electrons. The van der Waals surface area contributed by atoms with Gasteiger partial charge in [-0.25, -0.2) is 8.78 Å². The highest BCUT2D eigenvalue weighted by molar-refractivity contribution is 6.46. The van der Waals surface area contributed by atoms with E-state index in [4.69, 9.17) is 9.83 Å². The van der Waals surface area contributed by atoms with Crippen molar-refractivity contribution in [3.8, 4) is 11.5 Å². The molecule has 0 aliphatic rings. The molecule has 1 heterocycles. The third-order valence-corrected chi connectivity index (χ3v) is 3.95. The Morgan fingerprint density at radius 3 is 2.46 bits per heavy atom. The number of hydrogen-bond donors (Lipinski definition) is 1. The van der Waals surface area contributed by atoms with Crippen LogP contribution in [0, 0.1) is 17.0 Å². The minimum Gasteiger partial charge on any atom is -0.420 e. The molecule has 0 saturated heterocycles. The second-order valence-corrected chi connectivity index (χ2v) is 5.64. The van der Waals surface area contributed by atoms with Crippen LogP contribution in [0.5, 0.6) is 0 Å². The van der Waals surface area contributed by atoms with Gasteiger partial charge in [-0.1, -0.05) is 19.1 Å². The molecule has 1 unspecified atom stereocenters. The van der Waals surface area contributed by atoms with Crippen molar-refractivity contribution < 1.29 is 18.0 Å². The summed E-state index contributed by atoms with van der Waals surface area (Å²) in [7, 11) is 0. The fourth-order valence-corrected chi connectivity index (χ4v) is 2.54. The molecule has 7 heteroatoms. The lowest BCUT2D eigenvalue weighted by atomic mass is 9.93. The molecule has 2 aromatic carbocycles. The molecular formula is C19H15F2N3O2. The number of ketones is 1. The minimum atomic E-state index is -0.736. The molecule has 1 atom stereocenters. The topological polar surface area (TPSA) is 79.8 Å². The van der Waals surface area contributed by atoms with Crippen molar-refractivity contribution in [2.75, 3.05) is 0 Å². The first-order valence-corrected chi connectivity index (χ1v) is 7.98. The number of halogens is 2. The van der Waals surface area contributed by atoms with E-state index in [1.165, 1.54) is 24.3 Å². The maximum Gasteiger partial charge on any atom is 0.250 e. The highest BCUT2D eigenvalue weighted by Crippen LogP contribution is 2.27. The molecular weight excluding hydrogens is 340 g/mol. The summed E-state index contributed by atoms with van der Waals surface area (Å²) in [5, 5.41) is 15.9. The standard InChI is InChI=1S/C19H15F2N3O2/c1-2-13(16(22)17(25)11-7-9-12(20)10-8-11)18-23-24-19(26-18)14-5-3-4-6-15(14)21/h3-10,13,22H,2H2,1H3. The maximum absolute atomic E-state index is 13.9. The van der Waals surface area contributed by atoms with Crippen LogP contribution in [0.1, 0.15) is 35.5 Å². The normalized spacial score (nSPS) is 12.0. The summed E-state index contributed by atoms with van der Waals surface area (Å²) in [6.07, 6.45) is 0.366. The number of aromatic nitrogens is 2. The highest BCUT2D eigenvalue weighted by Gasteiger charge is 2.28. The lowest BCUT2D eigenvalue weighted by molar-refractivity contribution is 0.106. The second-order valence-electron chi connectivity index (χ2n) is 5.64. The second kappa shape index (κ2) is 7.35. The third kappa shape index (κ3) is 3.42. The Kier molecular flexibility index (Phi) is 4.97. The quantitative estimate of drug-likeness (QED) is 0.525. The largest absolute Gasteiger partial charge is 0.420 e. The Bertz CT molecular complexity index is 951. The van der Waals surface area contributed by atoms with Crippen molar-refractivity contribution in [1.29, 1.82) is 5.41 Å². The summed E-state index contributed by atoms with van der Waals surface area (Å²) < 4.78 is 32.4. The van der Waals surface area contributed by atoms with Crippen molar-refractivity contribution >= 4 is 11.5 Å². The molecule has 0 aliphatic carbocycles. The van der Waals surface area contributed by atoms with Crippen LogP contribution in [-0.4, -0.2) is 21.7 Å². The van der Waals surface area contributed by atoms with Crippen molar-refractivity contribution in [2.24, 2.45) is 0 Å². The van der Waals surface area contributed by atoms with Gasteiger partial charge in [0.1, 0.15) is 11.6 Å². The van der Waals surface area contributed by atoms with Gasteiger partial charge >= 0.3 is 0 Å². The summed E-state index contributed by atoms with van der Waals surface area (Å²) in [6, 6.07) is 10.9. The number of nitrogens with one attached hydrogen (secondary N) is 1. The zero-order valence-electron chi connectivity index (χ0n) is 13.9. The molecule has 0 saturated carbocycles. The average molecular weight is 355 g/mol. The summed E-state index contributed by atoms with van der Waals surface area (Å²) >= 11 is 0. The lowest BCUT2D eigenvalue weighted by Crippen LogP contribution is -2.21. The van der Waals surface area contributed by atoms with Gasteiger partial charge in [0.15, 0.2) is 0 Å². The molecule has 0 fully saturated rings. The van der Waals surface area contributed by atoms with Crippen molar-refractivity contribution in [1.82, 2.24) is 10.2 Å². The fourth-order valence-electron chi connectivity index (χ4n) is 2.54. The van der Waals surface area contributed by atoms with Gasteiger partial charge in [0.2, 0.25) is 11.7 Å². The summed E-state index contributed by atoms with van der Waals surface area (Å²) in [4.78, 5) is 12.5. The monoisotopic (exact) mass is 355 g/mol. The van der Waals surface area contributed by atoms with Gasteiger partial charge in [0, 0.05) is 5.56 Å². The van der Waals surface area contributed by atoms with Crippen molar-refractivity contribution in [3.63, 3.8) is 0 Å². The van der Waals surface area contributed by atoms with Crippen LogP contribution in [0.25, 0.3) is 11.5 Å². The van der Waals surface area contributed by atoms with Crippen LogP contribution in [0.3, 0.4) is 0 Å². The maximum atomic E-state index is 13.9. The number of hydrogen-bond acceptors (Lipinski definition) is 5. The number of Topliss-reactive ketones (excluding diaryl/α,β-unsaturated/α-hetero) is 1. The first-order chi connectivity index (χ1) is 12.5. The molecule has 3 aromatic rings. The first kappa shape index (κ1) is 17.6. The van der Waals surface area contributed by atoms with E-state index >= 15 is 0 Å². The number of nitrogens with zero attached hydrogens (tertiary/aromatic N) is 2. The number of carbonyl (C=O) groups is 1. The average Bonchev–Trinajstić information content (AvgIpc) is 3.12. The number of carbonyl (C=O) groups excluding carboxylic acids is 1. The molecule has 1 aromatic heterocycles. The van der Waals surface area contributed by atoms with Crippen molar-refractivity contribution in [2.45, 2.75) is 19.3 Å². The Morgan fingerprint density at radius 1 is 1.12 bits per heavy atom. The summed E-state index contributed by atoms with van der Waals surface area (Å²) in [5.41, 5.74) is 0.101. The van der Waals surface area contributed by atoms with Gasteiger partial charge in [-0.3, -0.25) is 4.79 Å². The molecule has 0 spiro atoms. The molecule has 26 heavy (non-hydrogen) atoms. The van der Waals surface area contributed by atoms with Gasteiger partial charge in [-0.2, -0.15) is 0 Å². The Morgan fingerprint density at radius 2 is 1.81 bits per heavy atom. The van der Waals surface area contributed by atoms with Crippen LogP contribution in [0.2, 0.25) is 0 Å². The Balaban J connectivity index is 1.87. The van der Waals surface area contributed by atoms with Crippen LogP contribution >= 0.6 is 0 Å². The van der Waals surface area contributed by atoms with E-state index < -0.39 is 23.3 Å². The molecule has 0 bridgehead atoms. The smallest absolute Gasteiger partial charge is 0.250 e. The van der Waals surface area contributed by atoms with Crippen LogP contribution in [0.15, 0.2) is 52.9 Å². The molecule has 3 rings (SSSR count). The fraction of sp³-hybridized carbons (Fsp3) is 0.158. The minimum absolute atomic E-state index is 0.0152. The molecule has 5 nitrogen and oxygen atoms in total. The van der Waals surface area contributed by atoms with Crippen LogP contribution < -0.4 is 0 Å². The Hall–Kier alpha value is -3.22. The third-order valence-electron chi connectivity index (χ3n) is 3.95. The van der Waals surface area contributed by atoms with E-state index in [1.54, 1.807) is 19.1 Å². The van der Waals surface area contributed by atoms with E-state index in [-0.39, 0.29) is 28.6 Å². The predicted octanol–water partition coefficient (Wildman–Crippen LogP) is 4.41. The van der Waals surface area contributed by atoms with Gasteiger partial charge in [-0.15, -0.1) is 10.2 Å². The number of benzene rings is 2. The SMILES string of the molecule is CCC(C(=N)C(=O)c1ccc(F)cc1)c1nnc(-c2ccccc2F)o1. The molecule has 0 amide bonds. The van der Waals surface area contributed by atoms with E-state index in [0.29, 0.717) is 6.42 Å². The molecule has 0 aliphatic heterocycles. The zero-order valence-corrected chi connectivity index (χ0v) is 13.9. The molecule has 1 N–H and O–H groups in total. The highest BCUT2D eigenvalue weighted by atomic mass is 19.1. The van der Waals surface area contributed by atoms with Gasteiger partial charge in [-0.05, 0) is 42.8 Å². The first-order valence-electron chi connectivity index (χ1n) is 7.98. The summed E-state index contributed by atoms with van der Waals surface area (Å²) in [6.45, 7) is 1.77. The zero-order chi connectivity index (χ0) is 18.7. The van der Waals surface area contributed by atoms with E-state index in [0.717, 1.165) is 12.1 Å². The van der Waals surface area contributed by atoms with Crippen LogP contribution in [-0.2, 0) is 0 Å².